The molecule has 1 aliphatic carbocycles. The molecule has 2 heterocycles. The van der Waals surface area contributed by atoms with Gasteiger partial charge in [-0.3, -0.25) is 14.6 Å². The van der Waals surface area contributed by atoms with Crippen LogP contribution in [0.25, 0.3) is 0 Å². The van der Waals surface area contributed by atoms with Crippen LogP contribution in [-0.2, 0) is 9.59 Å². The fraction of sp³-hybridized carbons (Fsp3) is 0.526. The second-order valence-electron chi connectivity index (χ2n) is 7.05. The van der Waals surface area contributed by atoms with Crippen LogP contribution in [0.2, 0.25) is 0 Å². The maximum atomic E-state index is 12.7. The van der Waals surface area contributed by atoms with Crippen molar-refractivity contribution in [1.82, 2.24) is 10.2 Å². The van der Waals surface area contributed by atoms with Gasteiger partial charge in [0, 0.05) is 5.71 Å². The van der Waals surface area contributed by atoms with Gasteiger partial charge in [-0.1, -0.05) is 43.2 Å². The van der Waals surface area contributed by atoms with Crippen molar-refractivity contribution >= 4 is 17.5 Å². The van der Waals surface area contributed by atoms with Gasteiger partial charge in [0.15, 0.2) is 0 Å². The highest BCUT2D eigenvalue weighted by Crippen LogP contribution is 2.41. The number of nitrogens with zero attached hydrogens (tertiary/aromatic N) is 2. The minimum absolute atomic E-state index is 0.0168. The van der Waals surface area contributed by atoms with Gasteiger partial charge >= 0.3 is 0 Å². The number of benzene rings is 1. The van der Waals surface area contributed by atoms with E-state index in [1.807, 2.05) is 30.3 Å². The summed E-state index contributed by atoms with van der Waals surface area (Å²) < 4.78 is 0. The number of aliphatic hydroxyl groups is 1. The van der Waals surface area contributed by atoms with Gasteiger partial charge in [-0.25, -0.2) is 0 Å². The van der Waals surface area contributed by atoms with E-state index in [0.717, 1.165) is 37.0 Å². The molecule has 0 spiro atoms. The van der Waals surface area contributed by atoms with E-state index in [0.29, 0.717) is 6.54 Å². The number of aliphatic imine (C=N–C) groups is 1. The third kappa shape index (κ3) is 2.74. The Morgan fingerprint density at radius 2 is 2.00 bits per heavy atom. The number of carbonyl (C=O) groups is 2. The van der Waals surface area contributed by atoms with Gasteiger partial charge in [0.05, 0.1) is 24.7 Å². The largest absolute Gasteiger partial charge is 0.387 e. The molecule has 4 atom stereocenters. The smallest absolute Gasteiger partial charge is 0.249 e. The molecule has 4 rings (SSSR count). The van der Waals surface area contributed by atoms with Crippen LogP contribution in [0.15, 0.2) is 35.3 Å². The normalized spacial score (nSPS) is 31.5. The number of fused-ring (bicyclic) bond motifs is 2. The van der Waals surface area contributed by atoms with Crippen LogP contribution in [0.4, 0.5) is 0 Å². The van der Waals surface area contributed by atoms with Gasteiger partial charge in [0.2, 0.25) is 11.8 Å². The van der Waals surface area contributed by atoms with Crippen molar-refractivity contribution in [2.24, 2.45) is 10.9 Å². The van der Waals surface area contributed by atoms with Gasteiger partial charge in [0.25, 0.3) is 0 Å². The Morgan fingerprint density at radius 1 is 1.24 bits per heavy atom. The second kappa shape index (κ2) is 6.59. The third-order valence-corrected chi connectivity index (χ3v) is 5.65. The average Bonchev–Trinajstić information content (AvgIpc) is 2.93. The zero-order valence-electron chi connectivity index (χ0n) is 14.1. The van der Waals surface area contributed by atoms with E-state index >= 15 is 0 Å². The summed E-state index contributed by atoms with van der Waals surface area (Å²) in [6, 6.07) is 9.23. The predicted octanol–water partition coefficient (Wildman–Crippen LogP) is 1.06. The third-order valence-electron chi connectivity index (χ3n) is 5.65. The lowest BCUT2D eigenvalue weighted by Crippen LogP contribution is -2.51. The summed E-state index contributed by atoms with van der Waals surface area (Å²) >= 11 is 0. The summed E-state index contributed by atoms with van der Waals surface area (Å²) in [5, 5.41) is 12.5. The molecule has 132 valence electrons. The van der Waals surface area contributed by atoms with Gasteiger partial charge in [-0.15, -0.1) is 0 Å². The molecule has 25 heavy (non-hydrogen) atoms. The van der Waals surface area contributed by atoms with E-state index < -0.39 is 18.6 Å². The summed E-state index contributed by atoms with van der Waals surface area (Å²) in [5.74, 6) is -0.868. The van der Waals surface area contributed by atoms with E-state index in [-0.39, 0.29) is 23.9 Å². The molecule has 2 N–H and O–H groups in total. The standard InChI is InChI=1S/C19H23N3O3/c23-11-16(24)22-15-9-5-4-8-13(15)21-14-10-20-19(25)17(14)18(22)12-6-2-1-3-7-12/h1-3,6-7,13,15,17-18,23H,4-5,8-11H2,(H,20,25)/t13-,15-,17?,18-/m1/s1. The Bertz CT molecular complexity index is 703. The van der Waals surface area contributed by atoms with Gasteiger partial charge in [-0.2, -0.15) is 0 Å². The number of hydrogen-bond donors (Lipinski definition) is 2. The van der Waals surface area contributed by atoms with Crippen LogP contribution in [0.1, 0.15) is 37.3 Å². The first-order valence-electron chi connectivity index (χ1n) is 9.02. The molecule has 1 aromatic carbocycles. The van der Waals surface area contributed by atoms with Gasteiger partial charge in [-0.05, 0) is 18.4 Å². The summed E-state index contributed by atoms with van der Waals surface area (Å²) in [5.41, 5.74) is 1.77. The lowest BCUT2D eigenvalue weighted by atomic mass is 9.85. The molecule has 1 unspecified atom stereocenters. The molecule has 1 saturated heterocycles. The Morgan fingerprint density at radius 3 is 2.76 bits per heavy atom. The first-order chi connectivity index (χ1) is 12.2. The number of aliphatic hydroxyl groups excluding tert-OH is 1. The maximum absolute atomic E-state index is 12.7. The number of amides is 2. The molecule has 0 radical (unpaired) electrons. The number of hydrogen-bond acceptors (Lipinski definition) is 4. The summed E-state index contributed by atoms with van der Waals surface area (Å²) in [7, 11) is 0. The van der Waals surface area contributed by atoms with Crippen LogP contribution in [-0.4, -0.2) is 52.8 Å². The predicted molar refractivity (Wildman–Crippen MR) is 93.1 cm³/mol. The van der Waals surface area contributed by atoms with Crippen molar-refractivity contribution < 1.29 is 14.7 Å². The zero-order valence-corrected chi connectivity index (χ0v) is 14.1. The topological polar surface area (TPSA) is 82.0 Å². The quantitative estimate of drug-likeness (QED) is 0.844. The Hall–Kier alpha value is -2.21. The summed E-state index contributed by atoms with van der Waals surface area (Å²) in [6.07, 6.45) is 3.91. The van der Waals surface area contributed by atoms with E-state index in [1.165, 1.54) is 0 Å². The highest BCUT2D eigenvalue weighted by Gasteiger charge is 2.49. The first-order valence-corrected chi connectivity index (χ1v) is 9.02. The molecule has 0 aromatic heterocycles. The van der Waals surface area contributed by atoms with Crippen molar-refractivity contribution in [3.05, 3.63) is 35.9 Å². The molecule has 2 aliphatic heterocycles. The fourth-order valence-electron chi connectivity index (χ4n) is 4.57. The van der Waals surface area contributed by atoms with Crippen LogP contribution in [0.3, 0.4) is 0 Å². The van der Waals surface area contributed by atoms with E-state index in [1.54, 1.807) is 4.90 Å². The van der Waals surface area contributed by atoms with E-state index in [9.17, 15) is 14.7 Å². The van der Waals surface area contributed by atoms with Crippen LogP contribution < -0.4 is 5.32 Å². The maximum Gasteiger partial charge on any atom is 0.249 e. The van der Waals surface area contributed by atoms with Crippen molar-refractivity contribution in [1.29, 1.82) is 0 Å². The molecule has 3 aliphatic rings. The Labute approximate surface area is 146 Å². The second-order valence-corrected chi connectivity index (χ2v) is 7.05. The monoisotopic (exact) mass is 341 g/mol. The molecule has 2 fully saturated rings. The van der Waals surface area contributed by atoms with E-state index in [4.69, 9.17) is 4.99 Å². The minimum atomic E-state index is -0.545. The zero-order chi connectivity index (χ0) is 17.4. The number of rotatable bonds is 2. The Balaban J connectivity index is 1.87. The van der Waals surface area contributed by atoms with Crippen LogP contribution in [0, 0.1) is 5.92 Å². The molecule has 6 nitrogen and oxygen atoms in total. The molecular formula is C19H23N3O3. The summed E-state index contributed by atoms with van der Waals surface area (Å²) in [4.78, 5) is 32.0. The number of carbonyl (C=O) groups excluding carboxylic acids is 2. The molecule has 1 aromatic rings. The lowest BCUT2D eigenvalue weighted by molar-refractivity contribution is -0.142. The highest BCUT2D eigenvalue weighted by atomic mass is 16.3. The van der Waals surface area contributed by atoms with Crippen LogP contribution >= 0.6 is 0 Å². The average molecular weight is 341 g/mol. The molecule has 1 saturated carbocycles. The molecule has 0 bridgehead atoms. The van der Waals surface area contributed by atoms with E-state index in [2.05, 4.69) is 5.32 Å². The summed E-state index contributed by atoms with van der Waals surface area (Å²) in [6.45, 7) is -0.0898. The lowest BCUT2D eigenvalue weighted by Gasteiger charge is -2.42. The minimum Gasteiger partial charge on any atom is -0.387 e. The SMILES string of the molecule is O=C1NCC2=N[C@@H]3CCCC[C@H]3N(C(=O)CO)[C@H](c3ccccc3)C12. The number of nitrogens with one attached hydrogen (secondary N) is 1. The Kier molecular flexibility index (Phi) is 4.29. The first kappa shape index (κ1) is 16.3. The molecular weight excluding hydrogens is 318 g/mol. The van der Waals surface area contributed by atoms with Crippen molar-refractivity contribution in [3.8, 4) is 0 Å². The van der Waals surface area contributed by atoms with Crippen molar-refractivity contribution in [2.75, 3.05) is 13.2 Å². The molecule has 2 amide bonds. The van der Waals surface area contributed by atoms with Gasteiger partial charge in [0.1, 0.15) is 12.5 Å². The van der Waals surface area contributed by atoms with Crippen molar-refractivity contribution in [3.63, 3.8) is 0 Å². The fourth-order valence-corrected chi connectivity index (χ4v) is 4.57. The van der Waals surface area contributed by atoms with Crippen molar-refractivity contribution in [2.45, 2.75) is 43.8 Å². The highest BCUT2D eigenvalue weighted by molar-refractivity contribution is 6.12. The van der Waals surface area contributed by atoms with Crippen LogP contribution in [0.5, 0.6) is 0 Å². The van der Waals surface area contributed by atoms with Gasteiger partial charge < -0.3 is 15.3 Å². The molecule has 6 heteroatoms.